The third-order valence-electron chi connectivity index (χ3n) is 2.63. The molecule has 0 bridgehead atoms. The molecular weight excluding hydrogens is 226 g/mol. The van der Waals surface area contributed by atoms with Crippen LogP contribution in [0.4, 0.5) is 0 Å². The summed E-state index contributed by atoms with van der Waals surface area (Å²) in [5, 5.41) is 10.9. The van der Waals surface area contributed by atoms with Crippen LogP contribution in [0, 0.1) is 11.3 Å². The summed E-state index contributed by atoms with van der Waals surface area (Å²) in [5.74, 6) is 1.25. The Morgan fingerprint density at radius 2 is 1.78 bits per heavy atom. The maximum Gasteiger partial charge on any atom is 0.291 e. The summed E-state index contributed by atoms with van der Waals surface area (Å²) in [7, 11) is 0. The number of hydrogen-bond acceptors (Lipinski definition) is 3. The fourth-order valence-corrected chi connectivity index (χ4v) is 1.78. The predicted molar refractivity (Wildman–Crippen MR) is 67.4 cm³/mol. The van der Waals surface area contributed by atoms with Crippen molar-refractivity contribution in [2.75, 3.05) is 0 Å². The van der Waals surface area contributed by atoms with Crippen LogP contribution in [0.2, 0.25) is 0 Å². The molecule has 1 aromatic heterocycles. The number of nitrogens with zero attached hydrogens (tertiary/aromatic N) is 1. The Hall–Kier alpha value is -2.73. The van der Waals surface area contributed by atoms with Gasteiger partial charge in [0.1, 0.15) is 11.8 Å². The van der Waals surface area contributed by atoms with Crippen molar-refractivity contribution in [1.29, 1.82) is 5.26 Å². The second-order valence-corrected chi connectivity index (χ2v) is 3.84. The molecule has 0 fully saturated rings. The average molecular weight is 235 g/mol. The molecule has 18 heavy (non-hydrogen) atoms. The Morgan fingerprint density at radius 1 is 0.944 bits per heavy atom. The third-order valence-corrected chi connectivity index (χ3v) is 2.63. The summed E-state index contributed by atoms with van der Waals surface area (Å²) in [6.45, 7) is 0. The van der Waals surface area contributed by atoms with Gasteiger partial charge in [0.15, 0.2) is 0 Å². The number of ether oxygens (including phenoxy) is 1. The van der Waals surface area contributed by atoms with Crippen molar-refractivity contribution in [2.45, 2.75) is 0 Å². The zero-order chi connectivity index (χ0) is 12.4. The van der Waals surface area contributed by atoms with Crippen molar-refractivity contribution in [2.24, 2.45) is 0 Å². The number of benzene rings is 2. The number of fused-ring (bicyclic) bond motifs is 1. The van der Waals surface area contributed by atoms with E-state index in [2.05, 4.69) is 0 Å². The van der Waals surface area contributed by atoms with Crippen LogP contribution in [0.3, 0.4) is 0 Å². The molecule has 3 heteroatoms. The molecule has 0 N–H and O–H groups in total. The van der Waals surface area contributed by atoms with Crippen LogP contribution in [-0.4, -0.2) is 0 Å². The van der Waals surface area contributed by atoms with E-state index >= 15 is 0 Å². The predicted octanol–water partition coefficient (Wildman–Crippen LogP) is 4.10. The van der Waals surface area contributed by atoms with E-state index in [4.69, 9.17) is 14.4 Å². The van der Waals surface area contributed by atoms with Gasteiger partial charge in [-0.3, -0.25) is 0 Å². The molecule has 3 rings (SSSR count). The Labute approximate surface area is 104 Å². The normalized spacial score (nSPS) is 10.2. The van der Waals surface area contributed by atoms with Crippen LogP contribution in [-0.2, 0) is 0 Å². The van der Waals surface area contributed by atoms with Gasteiger partial charge in [0.2, 0.25) is 5.76 Å². The first-order valence-electron chi connectivity index (χ1n) is 5.52. The van der Waals surface area contributed by atoms with Crippen LogP contribution in [0.5, 0.6) is 11.7 Å². The fourth-order valence-electron chi connectivity index (χ4n) is 1.78. The standard InChI is InChI=1S/C15H9NO2/c16-10-14-7-8-15(18-14)17-13-6-5-11-3-1-2-4-12(11)9-13/h1-9H. The highest BCUT2D eigenvalue weighted by atomic mass is 16.6. The van der Waals surface area contributed by atoms with Gasteiger partial charge in [-0.05, 0) is 29.0 Å². The van der Waals surface area contributed by atoms with Crippen molar-refractivity contribution < 1.29 is 9.15 Å². The lowest BCUT2D eigenvalue weighted by molar-refractivity contribution is 0.343. The minimum Gasteiger partial charge on any atom is -0.426 e. The lowest BCUT2D eigenvalue weighted by Crippen LogP contribution is -1.81. The monoisotopic (exact) mass is 235 g/mol. The molecule has 1 heterocycles. The van der Waals surface area contributed by atoms with Gasteiger partial charge in [-0.15, -0.1) is 0 Å². The number of rotatable bonds is 2. The van der Waals surface area contributed by atoms with E-state index in [-0.39, 0.29) is 5.76 Å². The van der Waals surface area contributed by atoms with Crippen molar-refractivity contribution >= 4 is 10.8 Å². The van der Waals surface area contributed by atoms with Crippen molar-refractivity contribution in [3.8, 4) is 17.8 Å². The Morgan fingerprint density at radius 3 is 2.56 bits per heavy atom. The van der Waals surface area contributed by atoms with E-state index in [1.54, 1.807) is 12.1 Å². The highest BCUT2D eigenvalue weighted by Crippen LogP contribution is 2.26. The first kappa shape index (κ1) is 10.4. The van der Waals surface area contributed by atoms with E-state index < -0.39 is 0 Å². The molecule has 0 unspecified atom stereocenters. The van der Waals surface area contributed by atoms with Crippen LogP contribution < -0.4 is 4.74 Å². The van der Waals surface area contributed by atoms with Gasteiger partial charge in [-0.1, -0.05) is 30.3 Å². The maximum atomic E-state index is 8.66. The smallest absolute Gasteiger partial charge is 0.291 e. The van der Waals surface area contributed by atoms with Gasteiger partial charge in [-0.25, -0.2) is 0 Å². The zero-order valence-corrected chi connectivity index (χ0v) is 9.46. The lowest BCUT2D eigenvalue weighted by Gasteiger charge is -2.03. The molecule has 0 aliphatic heterocycles. The SMILES string of the molecule is N#Cc1ccc(Oc2ccc3ccccc3c2)o1. The van der Waals surface area contributed by atoms with Crippen LogP contribution in [0.25, 0.3) is 10.8 Å². The van der Waals surface area contributed by atoms with Gasteiger partial charge in [-0.2, -0.15) is 5.26 Å². The van der Waals surface area contributed by atoms with Crippen molar-refractivity contribution in [3.63, 3.8) is 0 Å². The summed E-state index contributed by atoms with van der Waals surface area (Å²) in [5.41, 5.74) is 0. The molecular formula is C15H9NO2. The van der Waals surface area contributed by atoms with Gasteiger partial charge in [0.25, 0.3) is 5.95 Å². The quantitative estimate of drug-likeness (QED) is 0.671. The summed E-state index contributed by atoms with van der Waals surface area (Å²) >= 11 is 0. The van der Waals surface area contributed by atoms with Crippen LogP contribution >= 0.6 is 0 Å². The summed E-state index contributed by atoms with van der Waals surface area (Å²) in [6.07, 6.45) is 0. The van der Waals surface area contributed by atoms with Crippen molar-refractivity contribution in [3.05, 3.63) is 60.4 Å². The molecule has 0 amide bonds. The van der Waals surface area contributed by atoms with Gasteiger partial charge < -0.3 is 9.15 Å². The minimum absolute atomic E-state index is 0.241. The van der Waals surface area contributed by atoms with E-state index in [1.807, 2.05) is 48.5 Å². The molecule has 2 aromatic carbocycles. The largest absolute Gasteiger partial charge is 0.426 e. The lowest BCUT2D eigenvalue weighted by atomic mass is 10.1. The molecule has 0 radical (unpaired) electrons. The van der Waals surface area contributed by atoms with Gasteiger partial charge >= 0.3 is 0 Å². The number of hydrogen-bond donors (Lipinski definition) is 0. The topological polar surface area (TPSA) is 46.2 Å². The highest BCUT2D eigenvalue weighted by Gasteiger charge is 2.04. The van der Waals surface area contributed by atoms with E-state index in [9.17, 15) is 0 Å². The van der Waals surface area contributed by atoms with E-state index in [0.29, 0.717) is 11.7 Å². The third kappa shape index (κ3) is 1.92. The first-order chi connectivity index (χ1) is 8.85. The molecule has 0 saturated heterocycles. The molecule has 0 aliphatic rings. The second kappa shape index (κ2) is 4.27. The van der Waals surface area contributed by atoms with E-state index in [1.165, 1.54) is 0 Å². The summed E-state index contributed by atoms with van der Waals surface area (Å²) in [6, 6.07) is 19.0. The number of furan rings is 1. The molecule has 86 valence electrons. The van der Waals surface area contributed by atoms with Crippen molar-refractivity contribution in [1.82, 2.24) is 0 Å². The zero-order valence-electron chi connectivity index (χ0n) is 9.46. The van der Waals surface area contributed by atoms with E-state index in [0.717, 1.165) is 10.8 Å². The molecule has 3 nitrogen and oxygen atoms in total. The van der Waals surface area contributed by atoms with Gasteiger partial charge in [0, 0.05) is 6.07 Å². The summed E-state index contributed by atoms with van der Waals surface area (Å²) in [4.78, 5) is 0. The summed E-state index contributed by atoms with van der Waals surface area (Å²) < 4.78 is 10.7. The highest BCUT2D eigenvalue weighted by molar-refractivity contribution is 5.83. The molecule has 0 aliphatic carbocycles. The molecule has 0 atom stereocenters. The molecule has 0 saturated carbocycles. The van der Waals surface area contributed by atoms with Crippen LogP contribution in [0.15, 0.2) is 59.0 Å². The Kier molecular flexibility index (Phi) is 2.47. The van der Waals surface area contributed by atoms with Gasteiger partial charge in [0.05, 0.1) is 0 Å². The Balaban J connectivity index is 1.93. The minimum atomic E-state index is 0.241. The first-order valence-corrected chi connectivity index (χ1v) is 5.52. The molecule has 3 aromatic rings. The molecule has 0 spiro atoms. The second-order valence-electron chi connectivity index (χ2n) is 3.84. The fraction of sp³-hybridized carbons (Fsp3) is 0. The van der Waals surface area contributed by atoms with Crippen LogP contribution in [0.1, 0.15) is 5.76 Å². The average Bonchev–Trinajstić information content (AvgIpc) is 2.86. The maximum absolute atomic E-state index is 8.66. The number of nitriles is 1. The Bertz CT molecular complexity index is 737.